The maximum absolute atomic E-state index is 10.7. The maximum atomic E-state index is 10.7. The third-order valence-electron chi connectivity index (χ3n) is 2.34. The van der Waals surface area contributed by atoms with E-state index in [9.17, 15) is 4.79 Å². The number of carboxylic acids is 1. The number of rotatable bonds is 7. The second kappa shape index (κ2) is 6.85. The van der Waals surface area contributed by atoms with Gasteiger partial charge in [-0.15, -0.1) is 0 Å². The van der Waals surface area contributed by atoms with Gasteiger partial charge in [-0.1, -0.05) is 0 Å². The monoisotopic (exact) mass is 237 g/mol. The Morgan fingerprint density at radius 1 is 1.47 bits per heavy atom. The van der Waals surface area contributed by atoms with Crippen molar-refractivity contribution < 1.29 is 9.90 Å². The Labute approximate surface area is 101 Å². The van der Waals surface area contributed by atoms with E-state index in [0.717, 1.165) is 31.6 Å². The second-order valence-corrected chi connectivity index (χ2v) is 4.17. The van der Waals surface area contributed by atoms with Crippen LogP contribution in [0.2, 0.25) is 0 Å². The first kappa shape index (κ1) is 13.4. The van der Waals surface area contributed by atoms with Gasteiger partial charge in [0.05, 0.1) is 0 Å². The van der Waals surface area contributed by atoms with Crippen LogP contribution in [-0.2, 0) is 0 Å². The zero-order valence-electron chi connectivity index (χ0n) is 10.3. The third kappa shape index (κ3) is 5.31. The summed E-state index contributed by atoms with van der Waals surface area (Å²) in [6.45, 7) is 1.91. The van der Waals surface area contributed by atoms with E-state index in [1.54, 1.807) is 12.1 Å². The molecule has 5 heteroatoms. The van der Waals surface area contributed by atoms with Crippen LogP contribution in [0.15, 0.2) is 18.3 Å². The molecule has 94 valence electrons. The molecule has 0 bridgehead atoms. The Morgan fingerprint density at radius 3 is 2.88 bits per heavy atom. The van der Waals surface area contributed by atoms with Crippen LogP contribution in [0.4, 0.5) is 5.69 Å². The number of anilines is 1. The highest BCUT2D eigenvalue weighted by Gasteiger charge is 2.04. The van der Waals surface area contributed by atoms with Gasteiger partial charge in [0.15, 0.2) is 0 Å². The zero-order chi connectivity index (χ0) is 12.7. The van der Waals surface area contributed by atoms with Crippen LogP contribution in [0.3, 0.4) is 0 Å². The Bertz CT molecular complexity index is 367. The normalized spacial score (nSPS) is 10.5. The summed E-state index contributed by atoms with van der Waals surface area (Å²) in [5.74, 6) is -0.999. The minimum atomic E-state index is -0.999. The molecule has 0 atom stereocenters. The van der Waals surface area contributed by atoms with Gasteiger partial charge in [-0.25, -0.2) is 9.78 Å². The number of unbranched alkanes of at least 4 members (excludes halogenated alkanes) is 1. The van der Waals surface area contributed by atoms with E-state index in [1.165, 1.54) is 6.20 Å². The molecule has 0 radical (unpaired) electrons. The average Bonchev–Trinajstić information content (AvgIpc) is 2.28. The summed E-state index contributed by atoms with van der Waals surface area (Å²) < 4.78 is 0. The fraction of sp³-hybridized carbons (Fsp3) is 0.500. The van der Waals surface area contributed by atoms with Crippen LogP contribution < -0.4 is 5.32 Å². The molecular formula is C12H19N3O2. The van der Waals surface area contributed by atoms with E-state index in [1.807, 2.05) is 0 Å². The number of hydrogen-bond acceptors (Lipinski definition) is 4. The van der Waals surface area contributed by atoms with Crippen LogP contribution in [0.25, 0.3) is 0 Å². The molecule has 0 aliphatic heterocycles. The van der Waals surface area contributed by atoms with Gasteiger partial charge in [0.1, 0.15) is 5.69 Å². The van der Waals surface area contributed by atoms with Crippen molar-refractivity contribution in [1.82, 2.24) is 9.88 Å². The highest BCUT2D eigenvalue weighted by Crippen LogP contribution is 2.08. The fourth-order valence-corrected chi connectivity index (χ4v) is 1.44. The molecular weight excluding hydrogens is 218 g/mol. The predicted molar refractivity (Wildman–Crippen MR) is 67.5 cm³/mol. The molecule has 5 nitrogen and oxygen atoms in total. The van der Waals surface area contributed by atoms with Crippen molar-refractivity contribution in [3.8, 4) is 0 Å². The third-order valence-corrected chi connectivity index (χ3v) is 2.34. The molecule has 0 fully saturated rings. The second-order valence-electron chi connectivity index (χ2n) is 4.17. The number of aromatic nitrogens is 1. The Hall–Kier alpha value is -1.62. The van der Waals surface area contributed by atoms with Crippen molar-refractivity contribution in [2.75, 3.05) is 32.5 Å². The quantitative estimate of drug-likeness (QED) is 0.704. The number of nitrogens with one attached hydrogen (secondary N) is 1. The number of hydrogen-bond donors (Lipinski definition) is 2. The van der Waals surface area contributed by atoms with Crippen molar-refractivity contribution in [1.29, 1.82) is 0 Å². The lowest BCUT2D eigenvalue weighted by Gasteiger charge is -2.10. The minimum Gasteiger partial charge on any atom is -0.477 e. The summed E-state index contributed by atoms with van der Waals surface area (Å²) in [5, 5.41) is 12.0. The summed E-state index contributed by atoms with van der Waals surface area (Å²) in [7, 11) is 4.10. The van der Waals surface area contributed by atoms with Crippen LogP contribution >= 0.6 is 0 Å². The molecule has 17 heavy (non-hydrogen) atoms. The largest absolute Gasteiger partial charge is 0.477 e. The molecule has 2 N–H and O–H groups in total. The van der Waals surface area contributed by atoms with E-state index in [2.05, 4.69) is 29.3 Å². The van der Waals surface area contributed by atoms with Crippen molar-refractivity contribution in [2.45, 2.75) is 12.8 Å². The topological polar surface area (TPSA) is 65.5 Å². The Morgan fingerprint density at radius 2 is 2.24 bits per heavy atom. The molecule has 1 heterocycles. The first-order chi connectivity index (χ1) is 8.09. The first-order valence-electron chi connectivity index (χ1n) is 5.67. The van der Waals surface area contributed by atoms with Crippen LogP contribution in [0.5, 0.6) is 0 Å². The molecule has 0 saturated carbocycles. The molecule has 0 amide bonds. The molecule has 0 aliphatic carbocycles. The van der Waals surface area contributed by atoms with Gasteiger partial charge in [-0.05, 0) is 45.6 Å². The zero-order valence-corrected chi connectivity index (χ0v) is 10.3. The van der Waals surface area contributed by atoms with E-state index < -0.39 is 5.97 Å². The predicted octanol–water partition coefficient (Wildman–Crippen LogP) is 1.53. The van der Waals surface area contributed by atoms with Gasteiger partial charge in [0.2, 0.25) is 0 Å². The van der Waals surface area contributed by atoms with E-state index in [-0.39, 0.29) is 5.69 Å². The lowest BCUT2D eigenvalue weighted by atomic mass is 10.2. The smallest absolute Gasteiger partial charge is 0.354 e. The van der Waals surface area contributed by atoms with Gasteiger partial charge in [0.25, 0.3) is 0 Å². The number of pyridine rings is 1. The molecule has 0 saturated heterocycles. The summed E-state index contributed by atoms with van der Waals surface area (Å²) in [6, 6.07) is 3.33. The lowest BCUT2D eigenvalue weighted by Crippen LogP contribution is -2.14. The van der Waals surface area contributed by atoms with Gasteiger partial charge in [0, 0.05) is 18.4 Å². The summed E-state index contributed by atoms with van der Waals surface area (Å²) in [4.78, 5) is 16.6. The molecule has 1 rings (SSSR count). The molecule has 0 spiro atoms. The number of nitrogens with zero attached hydrogens (tertiary/aromatic N) is 2. The van der Waals surface area contributed by atoms with Gasteiger partial charge < -0.3 is 15.3 Å². The van der Waals surface area contributed by atoms with Crippen molar-refractivity contribution in [3.63, 3.8) is 0 Å². The number of carboxylic acid groups (broad SMARTS) is 1. The number of carbonyl (C=O) groups is 1. The summed E-state index contributed by atoms with van der Waals surface area (Å²) in [6.07, 6.45) is 3.69. The maximum Gasteiger partial charge on any atom is 0.354 e. The molecule has 1 aromatic heterocycles. The van der Waals surface area contributed by atoms with Crippen molar-refractivity contribution in [2.24, 2.45) is 0 Å². The molecule has 1 aromatic rings. The van der Waals surface area contributed by atoms with Crippen LogP contribution in [-0.4, -0.2) is 48.1 Å². The van der Waals surface area contributed by atoms with Crippen molar-refractivity contribution in [3.05, 3.63) is 24.0 Å². The number of aromatic carboxylic acids is 1. The fourth-order valence-electron chi connectivity index (χ4n) is 1.44. The van der Waals surface area contributed by atoms with Crippen molar-refractivity contribution >= 4 is 11.7 Å². The highest BCUT2D eigenvalue weighted by molar-refractivity contribution is 5.86. The lowest BCUT2D eigenvalue weighted by molar-refractivity contribution is 0.0690. The summed E-state index contributed by atoms with van der Waals surface area (Å²) >= 11 is 0. The van der Waals surface area contributed by atoms with E-state index >= 15 is 0 Å². The van der Waals surface area contributed by atoms with E-state index in [0.29, 0.717) is 0 Å². The van der Waals surface area contributed by atoms with Gasteiger partial charge in [-0.3, -0.25) is 0 Å². The SMILES string of the molecule is CN(C)CCCCNc1ccnc(C(=O)O)c1. The average molecular weight is 237 g/mol. The molecule has 0 unspecified atom stereocenters. The van der Waals surface area contributed by atoms with Crippen LogP contribution in [0.1, 0.15) is 23.3 Å². The minimum absolute atomic E-state index is 0.0725. The van der Waals surface area contributed by atoms with Gasteiger partial charge in [-0.2, -0.15) is 0 Å². The Balaban J connectivity index is 2.31. The molecule has 0 aliphatic rings. The first-order valence-corrected chi connectivity index (χ1v) is 5.67. The Kier molecular flexibility index (Phi) is 5.42. The standard InChI is InChI=1S/C12H19N3O2/c1-15(2)8-4-3-6-13-10-5-7-14-11(9-10)12(16)17/h5,7,9H,3-4,6,8H2,1-2H3,(H,13,14)(H,16,17). The summed E-state index contributed by atoms with van der Waals surface area (Å²) in [5.41, 5.74) is 0.880. The van der Waals surface area contributed by atoms with Crippen LogP contribution in [0, 0.1) is 0 Å². The van der Waals surface area contributed by atoms with Gasteiger partial charge >= 0.3 is 5.97 Å². The van der Waals surface area contributed by atoms with E-state index in [4.69, 9.17) is 5.11 Å². The highest BCUT2D eigenvalue weighted by atomic mass is 16.4. The molecule has 0 aromatic carbocycles.